The molecule has 0 radical (unpaired) electrons. The van der Waals surface area contributed by atoms with E-state index in [1.165, 1.54) is 22.8 Å². The minimum atomic E-state index is -3.73. The Hall–Kier alpha value is -2.46. The molecule has 0 fully saturated rings. The van der Waals surface area contributed by atoms with Gasteiger partial charge in [-0.05, 0) is 42.3 Å². The second-order valence-corrected chi connectivity index (χ2v) is 10.5. The van der Waals surface area contributed by atoms with Gasteiger partial charge in [-0.3, -0.25) is 4.79 Å². The van der Waals surface area contributed by atoms with Crippen LogP contribution < -0.4 is 10.1 Å². The quantitative estimate of drug-likeness (QED) is 0.440. The van der Waals surface area contributed by atoms with Crippen LogP contribution in [0.15, 0.2) is 47.4 Å². The second kappa shape index (κ2) is 10.6. The Morgan fingerprint density at radius 2 is 1.88 bits per heavy atom. The van der Waals surface area contributed by atoms with E-state index in [-0.39, 0.29) is 23.0 Å². The number of hydrogen-bond acceptors (Lipinski definition) is 6. The fraction of sp³-hybridized carbons (Fsp3) is 0.304. The van der Waals surface area contributed by atoms with Gasteiger partial charge in [0.1, 0.15) is 10.6 Å². The van der Waals surface area contributed by atoms with Gasteiger partial charge in [0.2, 0.25) is 15.9 Å². The largest absolute Gasteiger partial charge is 0.495 e. The first-order valence-electron chi connectivity index (χ1n) is 10.4. The van der Waals surface area contributed by atoms with E-state index in [4.69, 9.17) is 16.3 Å². The van der Waals surface area contributed by atoms with Crippen molar-refractivity contribution in [1.29, 1.82) is 0 Å². The van der Waals surface area contributed by atoms with Crippen LogP contribution in [-0.4, -0.2) is 43.8 Å². The summed E-state index contributed by atoms with van der Waals surface area (Å²) in [6.45, 7) is 6.11. The number of nitrogens with one attached hydrogen (secondary N) is 1. The molecule has 0 aliphatic heterocycles. The Kier molecular flexibility index (Phi) is 8.12. The van der Waals surface area contributed by atoms with E-state index in [2.05, 4.69) is 10.3 Å². The van der Waals surface area contributed by atoms with Crippen LogP contribution in [0.3, 0.4) is 0 Å². The number of hydrogen-bond donors (Lipinski definition) is 1. The maximum Gasteiger partial charge on any atom is 0.246 e. The van der Waals surface area contributed by atoms with Gasteiger partial charge >= 0.3 is 0 Å². The monoisotopic (exact) mass is 507 g/mol. The number of thiazole rings is 1. The van der Waals surface area contributed by atoms with E-state index in [9.17, 15) is 13.2 Å². The zero-order valence-corrected chi connectivity index (χ0v) is 21.3. The van der Waals surface area contributed by atoms with Gasteiger partial charge in [-0.25, -0.2) is 13.4 Å². The third-order valence-electron chi connectivity index (χ3n) is 5.10. The molecule has 1 aromatic heterocycles. The Morgan fingerprint density at radius 3 is 2.52 bits per heavy atom. The van der Waals surface area contributed by atoms with Gasteiger partial charge in [-0.1, -0.05) is 55.0 Å². The minimum absolute atomic E-state index is 0.100. The number of amides is 1. The number of sulfonamides is 1. The van der Waals surface area contributed by atoms with Gasteiger partial charge in [0.25, 0.3) is 0 Å². The highest BCUT2D eigenvalue weighted by Gasteiger charge is 2.26. The third kappa shape index (κ3) is 5.55. The number of halogens is 1. The average molecular weight is 508 g/mol. The summed E-state index contributed by atoms with van der Waals surface area (Å²) in [4.78, 5) is 17.8. The first-order valence-corrected chi connectivity index (χ1v) is 13.0. The topological polar surface area (TPSA) is 88.6 Å². The van der Waals surface area contributed by atoms with Gasteiger partial charge in [0.05, 0.1) is 24.1 Å². The van der Waals surface area contributed by atoms with Crippen molar-refractivity contribution in [2.24, 2.45) is 0 Å². The number of methoxy groups -OCH3 is 1. The molecule has 7 nitrogen and oxygen atoms in total. The first-order chi connectivity index (χ1) is 15.7. The van der Waals surface area contributed by atoms with Gasteiger partial charge < -0.3 is 10.1 Å². The lowest BCUT2D eigenvalue weighted by Crippen LogP contribution is -2.30. The molecule has 0 aliphatic carbocycles. The van der Waals surface area contributed by atoms with E-state index < -0.39 is 10.0 Å². The standard InChI is InChI=1S/C23H26ClN3O4S2/c1-5-27(6-2)33(29,30)20-13-17(11-12-19(20)31-4)22-15(3)25-23(32-22)26-21(28)14-16-9-7-8-10-18(16)24/h7-13H,5-6,14H2,1-4H3,(H,25,26,28). The molecule has 0 saturated carbocycles. The average Bonchev–Trinajstić information content (AvgIpc) is 3.15. The third-order valence-corrected chi connectivity index (χ3v) is 8.66. The zero-order chi connectivity index (χ0) is 24.2. The molecule has 0 saturated heterocycles. The normalized spacial score (nSPS) is 11.6. The van der Waals surface area contributed by atoms with Crippen LogP contribution in [0.25, 0.3) is 10.4 Å². The van der Waals surface area contributed by atoms with Crippen molar-refractivity contribution < 1.29 is 17.9 Å². The fourth-order valence-corrected chi connectivity index (χ4v) is 6.24. The molecule has 0 aliphatic rings. The Morgan fingerprint density at radius 1 is 1.18 bits per heavy atom. The van der Waals surface area contributed by atoms with Crippen molar-refractivity contribution in [3.8, 4) is 16.2 Å². The van der Waals surface area contributed by atoms with Crippen molar-refractivity contribution >= 4 is 44.0 Å². The predicted octanol–water partition coefficient (Wildman–Crippen LogP) is 4.99. The van der Waals surface area contributed by atoms with Crippen molar-refractivity contribution in [3.63, 3.8) is 0 Å². The lowest BCUT2D eigenvalue weighted by Gasteiger charge is -2.20. The highest BCUT2D eigenvalue weighted by atomic mass is 35.5. The summed E-state index contributed by atoms with van der Waals surface area (Å²) >= 11 is 7.43. The highest BCUT2D eigenvalue weighted by Crippen LogP contribution is 2.37. The Bertz CT molecular complexity index is 1250. The lowest BCUT2D eigenvalue weighted by molar-refractivity contribution is -0.115. The molecular formula is C23H26ClN3O4S2. The van der Waals surface area contributed by atoms with Crippen molar-refractivity contribution in [2.75, 3.05) is 25.5 Å². The highest BCUT2D eigenvalue weighted by molar-refractivity contribution is 7.89. The summed E-state index contributed by atoms with van der Waals surface area (Å²) in [5.74, 6) is 0.0454. The molecule has 0 spiro atoms. The summed E-state index contributed by atoms with van der Waals surface area (Å²) in [6, 6.07) is 12.2. The number of anilines is 1. The van der Waals surface area contributed by atoms with E-state index >= 15 is 0 Å². The fourth-order valence-electron chi connectivity index (χ4n) is 3.42. The zero-order valence-electron chi connectivity index (χ0n) is 18.9. The van der Waals surface area contributed by atoms with Crippen LogP contribution >= 0.6 is 22.9 Å². The number of aromatic nitrogens is 1. The van der Waals surface area contributed by atoms with Crippen LogP contribution in [0.1, 0.15) is 25.1 Å². The number of nitrogens with zero attached hydrogens (tertiary/aromatic N) is 2. The van der Waals surface area contributed by atoms with Crippen LogP contribution in [0.4, 0.5) is 5.13 Å². The van der Waals surface area contributed by atoms with Gasteiger partial charge in [0, 0.05) is 18.1 Å². The summed E-state index contributed by atoms with van der Waals surface area (Å²) < 4.78 is 33.0. The number of ether oxygens (including phenoxy) is 1. The van der Waals surface area contributed by atoms with Gasteiger partial charge in [-0.2, -0.15) is 4.31 Å². The summed E-state index contributed by atoms with van der Waals surface area (Å²) in [6.07, 6.45) is 0.127. The summed E-state index contributed by atoms with van der Waals surface area (Å²) in [5.41, 5.74) is 2.10. The molecular weight excluding hydrogens is 482 g/mol. The Labute approximate surface area is 203 Å². The molecule has 1 N–H and O–H groups in total. The molecule has 0 bridgehead atoms. The van der Waals surface area contributed by atoms with Crippen LogP contribution in [0, 0.1) is 6.92 Å². The molecule has 3 rings (SSSR count). The molecule has 3 aromatic rings. The molecule has 10 heteroatoms. The van der Waals surface area contributed by atoms with Crippen LogP contribution in [-0.2, 0) is 21.2 Å². The van der Waals surface area contributed by atoms with Crippen molar-refractivity contribution in [2.45, 2.75) is 32.1 Å². The molecule has 1 heterocycles. The molecule has 0 atom stereocenters. The van der Waals surface area contributed by atoms with E-state index in [1.54, 1.807) is 44.2 Å². The van der Waals surface area contributed by atoms with E-state index in [1.807, 2.05) is 19.1 Å². The number of aryl methyl sites for hydroxylation is 1. The van der Waals surface area contributed by atoms with Crippen LogP contribution in [0.2, 0.25) is 5.02 Å². The smallest absolute Gasteiger partial charge is 0.246 e. The predicted molar refractivity (Wildman–Crippen MR) is 133 cm³/mol. The lowest BCUT2D eigenvalue weighted by atomic mass is 10.1. The van der Waals surface area contributed by atoms with Gasteiger partial charge in [0.15, 0.2) is 5.13 Å². The number of benzene rings is 2. The Balaban J connectivity index is 1.90. The first kappa shape index (κ1) is 25.2. The van der Waals surface area contributed by atoms with Crippen LogP contribution in [0.5, 0.6) is 5.75 Å². The van der Waals surface area contributed by atoms with Crippen molar-refractivity contribution in [1.82, 2.24) is 9.29 Å². The molecule has 0 unspecified atom stereocenters. The summed E-state index contributed by atoms with van der Waals surface area (Å²) in [5, 5.41) is 3.78. The second-order valence-electron chi connectivity index (χ2n) is 7.20. The SMILES string of the molecule is CCN(CC)S(=O)(=O)c1cc(-c2sc(NC(=O)Cc3ccccc3Cl)nc2C)ccc1OC. The van der Waals surface area contributed by atoms with Gasteiger partial charge in [-0.15, -0.1) is 0 Å². The molecule has 2 aromatic carbocycles. The molecule has 33 heavy (non-hydrogen) atoms. The maximum absolute atomic E-state index is 13.2. The summed E-state index contributed by atoms with van der Waals surface area (Å²) in [7, 11) is -2.28. The minimum Gasteiger partial charge on any atom is -0.495 e. The number of rotatable bonds is 9. The molecule has 176 valence electrons. The molecule has 1 amide bonds. The van der Waals surface area contributed by atoms with Crippen molar-refractivity contribution in [3.05, 3.63) is 58.7 Å². The number of carbonyl (C=O) groups is 1. The van der Waals surface area contributed by atoms with E-state index in [0.29, 0.717) is 34.5 Å². The number of carbonyl (C=O) groups excluding carboxylic acids is 1. The van der Waals surface area contributed by atoms with E-state index in [0.717, 1.165) is 10.4 Å². The maximum atomic E-state index is 13.2.